The average Bonchev–Trinajstić information content (AvgIpc) is 2.43. The van der Waals surface area contributed by atoms with Crippen molar-refractivity contribution in [2.24, 2.45) is 5.41 Å². The van der Waals surface area contributed by atoms with E-state index >= 15 is 0 Å². The molecule has 0 fully saturated rings. The molecule has 0 bridgehead atoms. The molecule has 26 heavy (non-hydrogen) atoms. The van der Waals surface area contributed by atoms with Crippen LogP contribution >= 0.6 is 0 Å². The predicted molar refractivity (Wildman–Crippen MR) is 93.5 cm³/mol. The van der Waals surface area contributed by atoms with Gasteiger partial charge in [0.2, 0.25) is 0 Å². The van der Waals surface area contributed by atoms with Crippen molar-refractivity contribution in [2.75, 3.05) is 0 Å². The molecular formula is C19H28F3NO3. The zero-order valence-corrected chi connectivity index (χ0v) is 16.3. The second-order valence-electron chi connectivity index (χ2n) is 8.47. The van der Waals surface area contributed by atoms with Crippen LogP contribution in [0.3, 0.4) is 0 Å². The van der Waals surface area contributed by atoms with Crippen molar-refractivity contribution in [3.05, 3.63) is 35.1 Å². The number of alkyl halides is 2. The first-order valence-corrected chi connectivity index (χ1v) is 8.41. The SMILES string of the molecule is C[C@@H](NC(=O)OC(C)(C)C)c1cccc(C(F)(F)C(O)C(C)(C)C)c1F. The number of amides is 1. The van der Waals surface area contributed by atoms with Crippen LogP contribution < -0.4 is 5.32 Å². The fourth-order valence-corrected chi connectivity index (χ4v) is 2.39. The third-order valence-corrected chi connectivity index (χ3v) is 3.75. The highest BCUT2D eigenvalue weighted by Crippen LogP contribution is 2.41. The van der Waals surface area contributed by atoms with Crippen LogP contribution in [-0.2, 0) is 10.7 Å². The van der Waals surface area contributed by atoms with E-state index in [1.165, 1.54) is 39.8 Å². The van der Waals surface area contributed by atoms with Crippen molar-refractivity contribution in [1.29, 1.82) is 0 Å². The lowest BCUT2D eigenvalue weighted by Crippen LogP contribution is -2.42. The number of aliphatic hydroxyl groups excluding tert-OH is 1. The topological polar surface area (TPSA) is 58.6 Å². The maximum Gasteiger partial charge on any atom is 0.408 e. The number of aliphatic hydroxyl groups is 1. The van der Waals surface area contributed by atoms with Crippen molar-refractivity contribution in [2.45, 2.75) is 72.1 Å². The quantitative estimate of drug-likeness (QED) is 0.786. The third kappa shape index (κ3) is 5.37. The Balaban J connectivity index is 3.15. The minimum Gasteiger partial charge on any atom is -0.444 e. The summed E-state index contributed by atoms with van der Waals surface area (Å²) in [6, 6.07) is 2.62. The number of carbonyl (C=O) groups is 1. The summed E-state index contributed by atoms with van der Waals surface area (Å²) in [4.78, 5) is 11.8. The van der Waals surface area contributed by atoms with Crippen LogP contribution in [0.2, 0.25) is 0 Å². The van der Waals surface area contributed by atoms with Crippen molar-refractivity contribution in [1.82, 2.24) is 5.32 Å². The number of rotatable bonds is 4. The molecule has 1 aromatic rings. The Labute approximate surface area is 152 Å². The second-order valence-corrected chi connectivity index (χ2v) is 8.47. The summed E-state index contributed by atoms with van der Waals surface area (Å²) in [7, 11) is 0. The molecule has 0 aromatic heterocycles. The van der Waals surface area contributed by atoms with Crippen LogP contribution in [0.1, 0.15) is 65.6 Å². The molecule has 0 saturated carbocycles. The van der Waals surface area contributed by atoms with E-state index in [0.717, 1.165) is 6.07 Å². The molecule has 2 N–H and O–H groups in total. The summed E-state index contributed by atoms with van der Waals surface area (Å²) in [5.74, 6) is -4.95. The summed E-state index contributed by atoms with van der Waals surface area (Å²) in [6.07, 6.45) is -2.86. The lowest BCUT2D eigenvalue weighted by molar-refractivity contribution is -0.157. The van der Waals surface area contributed by atoms with Gasteiger partial charge < -0.3 is 15.2 Å². The molecule has 1 aromatic carbocycles. The van der Waals surface area contributed by atoms with E-state index in [4.69, 9.17) is 4.74 Å². The number of hydrogen-bond donors (Lipinski definition) is 2. The maximum atomic E-state index is 14.8. The Hall–Kier alpha value is -1.76. The first-order chi connectivity index (χ1) is 11.6. The summed E-state index contributed by atoms with van der Waals surface area (Å²) in [5, 5.41) is 12.4. The smallest absolute Gasteiger partial charge is 0.408 e. The lowest BCUT2D eigenvalue weighted by Gasteiger charge is -2.33. The van der Waals surface area contributed by atoms with Crippen molar-refractivity contribution < 1.29 is 27.8 Å². The Morgan fingerprint density at radius 3 is 2.15 bits per heavy atom. The Bertz CT molecular complexity index is 648. The van der Waals surface area contributed by atoms with E-state index in [9.17, 15) is 23.1 Å². The zero-order valence-electron chi connectivity index (χ0n) is 16.3. The monoisotopic (exact) mass is 375 g/mol. The van der Waals surface area contributed by atoms with Gasteiger partial charge in [-0.1, -0.05) is 32.9 Å². The summed E-state index contributed by atoms with van der Waals surface area (Å²) < 4.78 is 49.1. The number of halogens is 3. The van der Waals surface area contributed by atoms with Crippen LogP contribution in [0, 0.1) is 11.2 Å². The highest BCUT2D eigenvalue weighted by molar-refractivity contribution is 5.68. The van der Waals surface area contributed by atoms with Gasteiger partial charge in [0.15, 0.2) is 0 Å². The van der Waals surface area contributed by atoms with E-state index in [1.54, 1.807) is 20.8 Å². The van der Waals surface area contributed by atoms with Crippen LogP contribution in [0.4, 0.5) is 18.0 Å². The molecule has 7 heteroatoms. The van der Waals surface area contributed by atoms with E-state index in [0.29, 0.717) is 0 Å². The Kier molecular flexibility index (Phi) is 6.40. The van der Waals surface area contributed by atoms with Gasteiger partial charge in [0.1, 0.15) is 17.5 Å². The number of benzene rings is 1. The first-order valence-electron chi connectivity index (χ1n) is 8.41. The van der Waals surface area contributed by atoms with Crippen molar-refractivity contribution in [3.63, 3.8) is 0 Å². The van der Waals surface area contributed by atoms with E-state index < -0.39 is 46.6 Å². The number of nitrogens with one attached hydrogen (secondary N) is 1. The second kappa shape index (κ2) is 7.47. The third-order valence-electron chi connectivity index (χ3n) is 3.75. The van der Waals surface area contributed by atoms with Gasteiger partial charge in [-0.25, -0.2) is 9.18 Å². The molecule has 0 heterocycles. The molecule has 148 valence electrons. The molecule has 0 radical (unpaired) electrons. The van der Waals surface area contributed by atoms with E-state index in [1.807, 2.05) is 0 Å². The highest BCUT2D eigenvalue weighted by atomic mass is 19.3. The van der Waals surface area contributed by atoms with Gasteiger partial charge in [-0.15, -0.1) is 0 Å². The fourth-order valence-electron chi connectivity index (χ4n) is 2.39. The Morgan fingerprint density at radius 2 is 1.69 bits per heavy atom. The Morgan fingerprint density at radius 1 is 1.15 bits per heavy atom. The molecule has 1 amide bonds. The predicted octanol–water partition coefficient (Wildman–Crippen LogP) is 4.91. The molecule has 0 saturated heterocycles. The van der Waals surface area contributed by atoms with Crippen LogP contribution in [-0.4, -0.2) is 22.9 Å². The van der Waals surface area contributed by atoms with Gasteiger partial charge in [0.25, 0.3) is 0 Å². The summed E-state index contributed by atoms with van der Waals surface area (Å²) in [5.41, 5.74) is -2.91. The number of carbonyl (C=O) groups excluding carboxylic acids is 1. The molecule has 4 nitrogen and oxygen atoms in total. The largest absolute Gasteiger partial charge is 0.444 e. The van der Waals surface area contributed by atoms with Gasteiger partial charge in [-0.05, 0) is 39.2 Å². The normalized spacial score (nSPS) is 15.3. The van der Waals surface area contributed by atoms with Gasteiger partial charge >= 0.3 is 12.0 Å². The van der Waals surface area contributed by atoms with Crippen LogP contribution in [0.25, 0.3) is 0 Å². The van der Waals surface area contributed by atoms with Crippen molar-refractivity contribution in [3.8, 4) is 0 Å². The minimum atomic E-state index is -3.79. The van der Waals surface area contributed by atoms with Gasteiger partial charge in [0, 0.05) is 5.56 Å². The molecular weight excluding hydrogens is 347 g/mol. The fraction of sp³-hybridized carbons (Fsp3) is 0.632. The maximum absolute atomic E-state index is 14.8. The number of alkyl carbamates (subject to hydrolysis) is 1. The lowest BCUT2D eigenvalue weighted by atomic mass is 9.82. The van der Waals surface area contributed by atoms with E-state index in [-0.39, 0.29) is 5.56 Å². The van der Waals surface area contributed by atoms with Gasteiger partial charge in [-0.2, -0.15) is 8.78 Å². The standard InChI is InChI=1S/C19H28F3NO3/c1-11(23-16(25)26-18(5,6)7)12-9-8-10-13(14(12)20)19(21,22)15(24)17(2,3)4/h8-11,15,24H,1-7H3,(H,23,25)/t11-,15?/m1/s1. The van der Waals surface area contributed by atoms with Gasteiger partial charge in [0.05, 0.1) is 11.6 Å². The number of ether oxygens (including phenoxy) is 1. The van der Waals surface area contributed by atoms with E-state index in [2.05, 4.69) is 5.32 Å². The summed E-state index contributed by atoms with van der Waals surface area (Å²) in [6.45, 7) is 10.8. The molecule has 0 aliphatic carbocycles. The van der Waals surface area contributed by atoms with Crippen LogP contribution in [0.15, 0.2) is 18.2 Å². The molecule has 0 aliphatic heterocycles. The highest BCUT2D eigenvalue weighted by Gasteiger charge is 2.48. The number of hydrogen-bond acceptors (Lipinski definition) is 3. The van der Waals surface area contributed by atoms with Gasteiger partial charge in [-0.3, -0.25) is 0 Å². The van der Waals surface area contributed by atoms with Crippen LogP contribution in [0.5, 0.6) is 0 Å². The average molecular weight is 375 g/mol. The molecule has 1 unspecified atom stereocenters. The molecule has 0 aliphatic rings. The zero-order chi connectivity index (χ0) is 20.5. The molecule has 0 spiro atoms. The van der Waals surface area contributed by atoms with Crippen molar-refractivity contribution >= 4 is 6.09 Å². The first kappa shape index (κ1) is 22.3. The summed E-state index contributed by atoms with van der Waals surface area (Å²) >= 11 is 0. The molecule has 1 rings (SSSR count). The molecule has 2 atom stereocenters. The minimum absolute atomic E-state index is 0.117.